The molecular weight excluding hydrogens is 296 g/mol. The van der Waals surface area contributed by atoms with Crippen molar-refractivity contribution in [2.75, 3.05) is 59.5 Å². The molecule has 0 unspecified atom stereocenters. The van der Waals surface area contributed by atoms with Crippen molar-refractivity contribution in [1.82, 2.24) is 20.0 Å². The number of hydrogen-bond acceptors (Lipinski definition) is 5. The topological polar surface area (TPSA) is 65.1 Å². The number of carbonyl (C=O) groups is 2. The van der Waals surface area contributed by atoms with Crippen molar-refractivity contribution in [3.63, 3.8) is 0 Å². The minimum atomic E-state index is -0.331. The molecule has 2 heterocycles. The van der Waals surface area contributed by atoms with E-state index in [9.17, 15) is 9.59 Å². The van der Waals surface area contributed by atoms with Gasteiger partial charge in [0.2, 0.25) is 11.8 Å². The highest BCUT2D eigenvalue weighted by Crippen LogP contribution is 2.15. The third-order valence-electron chi connectivity index (χ3n) is 4.74. The summed E-state index contributed by atoms with van der Waals surface area (Å²) in [5.41, 5.74) is 0. The molecule has 7 nitrogen and oxygen atoms in total. The second-order valence-corrected chi connectivity index (χ2v) is 6.56. The van der Waals surface area contributed by atoms with Crippen LogP contribution in [0.4, 0.5) is 0 Å². The molecule has 23 heavy (non-hydrogen) atoms. The van der Waals surface area contributed by atoms with Gasteiger partial charge in [-0.1, -0.05) is 0 Å². The Morgan fingerprint density at radius 1 is 1.26 bits per heavy atom. The Bertz CT molecular complexity index is 408. The number of piperazine rings is 2. The molecule has 0 bridgehead atoms. The van der Waals surface area contributed by atoms with Crippen LogP contribution in [0.1, 0.15) is 20.3 Å². The third-order valence-corrected chi connectivity index (χ3v) is 4.74. The quantitative estimate of drug-likeness (QED) is 0.704. The summed E-state index contributed by atoms with van der Waals surface area (Å²) in [4.78, 5) is 31.1. The first-order chi connectivity index (χ1) is 11.0. The van der Waals surface area contributed by atoms with Crippen LogP contribution in [0.3, 0.4) is 0 Å². The zero-order valence-corrected chi connectivity index (χ0v) is 14.6. The normalized spacial score (nSPS) is 24.1. The van der Waals surface area contributed by atoms with Crippen molar-refractivity contribution in [1.29, 1.82) is 0 Å². The fourth-order valence-corrected chi connectivity index (χ4v) is 3.30. The summed E-state index contributed by atoms with van der Waals surface area (Å²) in [7, 11) is 1.70. The maximum absolute atomic E-state index is 12.6. The van der Waals surface area contributed by atoms with Gasteiger partial charge in [-0.25, -0.2) is 0 Å². The second kappa shape index (κ2) is 8.61. The number of nitrogens with one attached hydrogen (secondary N) is 1. The van der Waals surface area contributed by atoms with Crippen LogP contribution in [-0.2, 0) is 14.3 Å². The van der Waals surface area contributed by atoms with E-state index in [0.29, 0.717) is 6.54 Å². The number of methoxy groups -OCH3 is 1. The number of rotatable bonds is 6. The molecule has 1 atom stereocenters. The van der Waals surface area contributed by atoms with Gasteiger partial charge in [-0.3, -0.25) is 19.4 Å². The molecule has 2 fully saturated rings. The van der Waals surface area contributed by atoms with Crippen LogP contribution in [-0.4, -0.2) is 98.1 Å². The van der Waals surface area contributed by atoms with E-state index in [0.717, 1.165) is 45.9 Å². The van der Waals surface area contributed by atoms with Gasteiger partial charge in [0.15, 0.2) is 0 Å². The number of amides is 2. The lowest BCUT2D eigenvalue weighted by molar-refractivity contribution is -0.140. The maximum Gasteiger partial charge on any atom is 0.237 e. The average molecular weight is 326 g/mol. The first-order valence-corrected chi connectivity index (χ1v) is 8.55. The summed E-state index contributed by atoms with van der Waals surface area (Å²) in [6.07, 6.45) is 0.280. The maximum atomic E-state index is 12.6. The Morgan fingerprint density at radius 3 is 2.57 bits per heavy atom. The first kappa shape index (κ1) is 18.2. The summed E-state index contributed by atoms with van der Waals surface area (Å²) in [5, 5.41) is 2.88. The van der Waals surface area contributed by atoms with E-state index < -0.39 is 0 Å². The molecule has 0 radical (unpaired) electrons. The highest BCUT2D eigenvalue weighted by atomic mass is 16.5. The van der Waals surface area contributed by atoms with Crippen molar-refractivity contribution < 1.29 is 14.3 Å². The van der Waals surface area contributed by atoms with Gasteiger partial charge >= 0.3 is 0 Å². The van der Waals surface area contributed by atoms with E-state index in [-0.39, 0.29) is 30.3 Å². The van der Waals surface area contributed by atoms with E-state index in [1.54, 1.807) is 7.11 Å². The standard InChI is InChI=1S/C16H30N4O3/c1-13(2)20-5-4-17-16(22)14(20)12-15(21)19-8-6-18(7-9-19)10-11-23-3/h13-14H,4-12H2,1-3H3,(H,17,22)/t14-/m0/s1. The molecule has 7 heteroatoms. The molecule has 0 spiro atoms. The van der Waals surface area contributed by atoms with E-state index in [1.807, 2.05) is 4.90 Å². The Kier molecular flexibility index (Phi) is 6.80. The lowest BCUT2D eigenvalue weighted by atomic mass is 10.1. The van der Waals surface area contributed by atoms with E-state index >= 15 is 0 Å². The zero-order chi connectivity index (χ0) is 16.8. The van der Waals surface area contributed by atoms with Gasteiger partial charge < -0.3 is 15.0 Å². The molecule has 0 aromatic carbocycles. The van der Waals surface area contributed by atoms with Gasteiger partial charge in [0.25, 0.3) is 0 Å². The van der Waals surface area contributed by atoms with Gasteiger partial charge in [-0.2, -0.15) is 0 Å². The molecule has 0 aromatic rings. The predicted octanol–water partition coefficient (Wildman–Crippen LogP) is -0.624. The number of hydrogen-bond donors (Lipinski definition) is 1. The van der Waals surface area contributed by atoms with Crippen LogP contribution in [0.15, 0.2) is 0 Å². The zero-order valence-electron chi connectivity index (χ0n) is 14.6. The molecule has 2 aliphatic heterocycles. The smallest absolute Gasteiger partial charge is 0.237 e. The highest BCUT2D eigenvalue weighted by molar-refractivity contribution is 5.89. The Morgan fingerprint density at radius 2 is 1.96 bits per heavy atom. The van der Waals surface area contributed by atoms with Gasteiger partial charge in [0.1, 0.15) is 0 Å². The Balaban J connectivity index is 1.85. The lowest BCUT2D eigenvalue weighted by Gasteiger charge is -2.39. The molecule has 1 N–H and O–H groups in total. The molecule has 0 aromatic heterocycles. The SMILES string of the molecule is COCCN1CCN(C(=O)C[C@H]2C(=O)NCCN2C(C)C)CC1. The van der Waals surface area contributed by atoms with Crippen molar-refractivity contribution in [3.05, 3.63) is 0 Å². The molecule has 2 amide bonds. The van der Waals surface area contributed by atoms with E-state index in [2.05, 4.69) is 29.0 Å². The highest BCUT2D eigenvalue weighted by Gasteiger charge is 2.34. The van der Waals surface area contributed by atoms with Crippen molar-refractivity contribution in [3.8, 4) is 0 Å². The summed E-state index contributed by atoms with van der Waals surface area (Å²) in [5.74, 6) is 0.0705. The minimum absolute atomic E-state index is 0.0166. The van der Waals surface area contributed by atoms with Crippen LogP contribution in [0, 0.1) is 0 Å². The summed E-state index contributed by atoms with van der Waals surface area (Å²) >= 11 is 0. The minimum Gasteiger partial charge on any atom is -0.383 e. The van der Waals surface area contributed by atoms with E-state index in [1.165, 1.54) is 0 Å². The van der Waals surface area contributed by atoms with Crippen molar-refractivity contribution in [2.45, 2.75) is 32.4 Å². The Labute approximate surface area is 138 Å². The fraction of sp³-hybridized carbons (Fsp3) is 0.875. The molecule has 132 valence electrons. The number of carbonyl (C=O) groups excluding carboxylic acids is 2. The average Bonchev–Trinajstić information content (AvgIpc) is 2.55. The van der Waals surface area contributed by atoms with E-state index in [4.69, 9.17) is 4.74 Å². The van der Waals surface area contributed by atoms with Crippen LogP contribution < -0.4 is 5.32 Å². The summed E-state index contributed by atoms with van der Waals surface area (Å²) < 4.78 is 5.09. The summed E-state index contributed by atoms with van der Waals surface area (Å²) in [6.45, 7) is 10.5. The molecule has 2 saturated heterocycles. The van der Waals surface area contributed by atoms with Crippen LogP contribution in [0.2, 0.25) is 0 Å². The third kappa shape index (κ3) is 4.89. The fourth-order valence-electron chi connectivity index (χ4n) is 3.30. The van der Waals surface area contributed by atoms with Gasteiger partial charge in [-0.15, -0.1) is 0 Å². The van der Waals surface area contributed by atoms with Crippen LogP contribution in [0.25, 0.3) is 0 Å². The second-order valence-electron chi connectivity index (χ2n) is 6.56. The van der Waals surface area contributed by atoms with Gasteiger partial charge in [0.05, 0.1) is 19.1 Å². The van der Waals surface area contributed by atoms with Crippen LogP contribution in [0.5, 0.6) is 0 Å². The number of ether oxygens (including phenoxy) is 1. The van der Waals surface area contributed by atoms with Gasteiger partial charge in [-0.05, 0) is 13.8 Å². The predicted molar refractivity (Wildman–Crippen MR) is 88.2 cm³/mol. The van der Waals surface area contributed by atoms with Crippen molar-refractivity contribution in [2.24, 2.45) is 0 Å². The monoisotopic (exact) mass is 326 g/mol. The summed E-state index contributed by atoms with van der Waals surface area (Å²) in [6, 6.07) is -0.0625. The molecule has 2 rings (SSSR count). The molecule has 0 aliphatic carbocycles. The largest absolute Gasteiger partial charge is 0.383 e. The van der Waals surface area contributed by atoms with Crippen molar-refractivity contribution >= 4 is 11.8 Å². The number of nitrogens with zero attached hydrogens (tertiary/aromatic N) is 3. The molecule has 2 aliphatic rings. The lowest BCUT2D eigenvalue weighted by Crippen LogP contribution is -2.59. The first-order valence-electron chi connectivity index (χ1n) is 8.55. The molecule has 0 saturated carbocycles. The van der Waals surface area contributed by atoms with Crippen LogP contribution >= 0.6 is 0 Å². The van der Waals surface area contributed by atoms with Gasteiger partial charge in [0, 0.05) is 59.0 Å². The Hall–Kier alpha value is -1.18. The molecular formula is C16H30N4O3.